The number of rotatable bonds is 4. The minimum absolute atomic E-state index is 0. The topological polar surface area (TPSA) is 271 Å². The zero-order valence-electron chi connectivity index (χ0n) is 23.2. The first kappa shape index (κ1) is 40.4. The molecule has 0 heterocycles. The van der Waals surface area contributed by atoms with Gasteiger partial charge in [0.25, 0.3) is 0 Å². The van der Waals surface area contributed by atoms with Gasteiger partial charge in [0.2, 0.25) is 0 Å². The van der Waals surface area contributed by atoms with E-state index in [4.69, 9.17) is 41.1 Å². The quantitative estimate of drug-likeness (QED) is 0.0932. The molecule has 16 heteroatoms. The van der Waals surface area contributed by atoms with Gasteiger partial charge in [0.05, 0.1) is 10.2 Å². The molecule has 0 unspecified atom stereocenters. The van der Waals surface area contributed by atoms with Crippen molar-refractivity contribution in [2.45, 2.75) is 75.4 Å². The third kappa shape index (κ3) is 14.3. The summed E-state index contributed by atoms with van der Waals surface area (Å²) in [5.41, 5.74) is 0.521. The van der Waals surface area contributed by atoms with Gasteiger partial charge in [-0.05, 0) is 25.7 Å². The van der Waals surface area contributed by atoms with E-state index in [1.807, 2.05) is 60.7 Å². The third-order valence-corrected chi connectivity index (χ3v) is 6.54. The number of benzene rings is 2. The van der Waals surface area contributed by atoms with Gasteiger partial charge in [-0.3, -0.25) is 0 Å². The molecule has 2 aliphatic carbocycles. The average Bonchev–Trinajstić information content (AvgIpc) is 2.91. The molecule has 4 rings (SSSR count). The van der Waals surface area contributed by atoms with Gasteiger partial charge in [0.1, 0.15) is 22.6 Å². The van der Waals surface area contributed by atoms with E-state index in [9.17, 15) is 10.2 Å². The monoisotopic (exact) mass is 645 g/mol. The molecule has 0 bridgehead atoms. The van der Waals surface area contributed by atoms with Crippen molar-refractivity contribution in [2.24, 2.45) is 10.3 Å². The standard InChI is InChI=1S/2C13H17NO2.2NO3.H2O.Zn/c2*15-13(9-5-2-6-10-13)12(14-16)11-7-3-1-4-8-11;2*2-1(3)4;;/h2*1,3-4,7-8,15-16H,2,5-6,9-10H2;;;1H2;/q;;2*-1;;+2/p+1/b2*14-12+;;;;. The first-order valence-electron chi connectivity index (χ1n) is 12.6. The Balaban J connectivity index is 0. The SMILES string of the molecule is O/N=C(\c1ccccc1)C1(O)CCCCC1.O/N=C(\c1ccccc1)C1(O)CCCCC1.O=[N+]([O-])[O-].O=[N+]([O-])[O-].[OH3+].[Zn+2]. The molecule has 7 N–H and O–H groups in total. The summed E-state index contributed by atoms with van der Waals surface area (Å²) in [6, 6.07) is 18.8. The van der Waals surface area contributed by atoms with E-state index in [0.29, 0.717) is 37.1 Å². The second kappa shape index (κ2) is 21.1. The Bertz CT molecular complexity index is 998. The summed E-state index contributed by atoms with van der Waals surface area (Å²) >= 11 is 0. The van der Waals surface area contributed by atoms with Crippen LogP contribution < -0.4 is 0 Å². The molecule has 228 valence electrons. The molecule has 0 aromatic heterocycles. The molecule has 0 saturated heterocycles. The van der Waals surface area contributed by atoms with Gasteiger partial charge in [-0.1, -0.05) is 110 Å². The van der Waals surface area contributed by atoms with Crippen LogP contribution in [-0.4, -0.2) is 53.4 Å². The van der Waals surface area contributed by atoms with E-state index in [0.717, 1.165) is 49.7 Å². The number of nitrogens with zero attached hydrogens (tertiary/aromatic N) is 4. The summed E-state index contributed by atoms with van der Waals surface area (Å²) in [6.45, 7) is 0. The predicted molar refractivity (Wildman–Crippen MR) is 151 cm³/mol. The summed E-state index contributed by atoms with van der Waals surface area (Å²) in [7, 11) is 0. The van der Waals surface area contributed by atoms with Crippen LogP contribution in [-0.2, 0) is 25.0 Å². The minimum Gasteiger partial charge on any atom is -0.457 e. The molecule has 15 nitrogen and oxygen atoms in total. The minimum atomic E-state index is -1.75. The fourth-order valence-corrected chi connectivity index (χ4v) is 4.78. The van der Waals surface area contributed by atoms with E-state index in [1.165, 1.54) is 0 Å². The first-order valence-corrected chi connectivity index (χ1v) is 12.6. The van der Waals surface area contributed by atoms with Crippen LogP contribution in [0.25, 0.3) is 0 Å². The Kier molecular flexibility index (Phi) is 20.3. The second-order valence-corrected chi connectivity index (χ2v) is 9.26. The van der Waals surface area contributed by atoms with E-state index in [1.54, 1.807) is 0 Å². The molecular weight excluding hydrogens is 610 g/mol. The molecule has 0 amide bonds. The van der Waals surface area contributed by atoms with Crippen molar-refractivity contribution in [1.29, 1.82) is 0 Å². The summed E-state index contributed by atoms with van der Waals surface area (Å²) in [5.74, 6) is 0. The number of hydrogen-bond donors (Lipinski definition) is 4. The van der Waals surface area contributed by atoms with Gasteiger partial charge in [-0.2, -0.15) is 0 Å². The van der Waals surface area contributed by atoms with Crippen molar-refractivity contribution in [2.75, 3.05) is 0 Å². The van der Waals surface area contributed by atoms with Crippen molar-refractivity contribution in [1.82, 2.24) is 0 Å². The fourth-order valence-electron chi connectivity index (χ4n) is 4.78. The Hall–Kier alpha value is -3.72. The zero-order chi connectivity index (χ0) is 30.0. The second-order valence-electron chi connectivity index (χ2n) is 9.26. The Morgan fingerprint density at radius 3 is 1.05 bits per heavy atom. The van der Waals surface area contributed by atoms with Crippen molar-refractivity contribution in [3.63, 3.8) is 0 Å². The van der Waals surface area contributed by atoms with Crippen LogP contribution in [0.2, 0.25) is 0 Å². The molecule has 2 aliphatic rings. The van der Waals surface area contributed by atoms with Crippen LogP contribution in [0.3, 0.4) is 0 Å². The Morgan fingerprint density at radius 2 is 0.833 bits per heavy atom. The largest absolute Gasteiger partial charge is 2.00 e. The maximum absolute atomic E-state index is 10.5. The molecule has 0 spiro atoms. The molecule has 42 heavy (non-hydrogen) atoms. The van der Waals surface area contributed by atoms with Crippen LogP contribution in [0.4, 0.5) is 0 Å². The predicted octanol–water partition coefficient (Wildman–Crippen LogP) is 3.72. The zero-order valence-corrected chi connectivity index (χ0v) is 26.1. The van der Waals surface area contributed by atoms with E-state index < -0.39 is 21.4 Å². The molecule has 0 radical (unpaired) electrons. The number of oxime groups is 2. The number of aliphatic hydroxyl groups is 2. The summed E-state index contributed by atoms with van der Waals surface area (Å²) in [5, 5.41) is 75.4. The van der Waals surface area contributed by atoms with E-state index in [2.05, 4.69) is 10.3 Å². The molecule has 2 fully saturated rings. The normalized spacial score (nSPS) is 16.9. The number of hydrogen-bond acceptors (Lipinski definition) is 12. The van der Waals surface area contributed by atoms with Crippen LogP contribution in [0.5, 0.6) is 0 Å². The van der Waals surface area contributed by atoms with Gasteiger partial charge < -0.3 is 56.7 Å². The molecule has 0 aliphatic heterocycles. The third-order valence-electron chi connectivity index (χ3n) is 6.54. The molecular formula is C26H37N4O11Zn+. The molecule has 2 aromatic rings. The van der Waals surface area contributed by atoms with Gasteiger partial charge in [0.15, 0.2) is 0 Å². The average molecular weight is 647 g/mol. The maximum Gasteiger partial charge on any atom is 2.00 e. The van der Waals surface area contributed by atoms with E-state index >= 15 is 0 Å². The fraction of sp³-hybridized carbons (Fsp3) is 0.462. The van der Waals surface area contributed by atoms with E-state index in [-0.39, 0.29) is 25.0 Å². The smallest absolute Gasteiger partial charge is 0.457 e. The molecule has 2 saturated carbocycles. The van der Waals surface area contributed by atoms with Gasteiger partial charge in [0, 0.05) is 11.1 Å². The molecule has 0 atom stereocenters. The van der Waals surface area contributed by atoms with Gasteiger partial charge >= 0.3 is 19.5 Å². The van der Waals surface area contributed by atoms with Gasteiger partial charge in [-0.15, -0.1) is 0 Å². The summed E-state index contributed by atoms with van der Waals surface area (Å²) in [6.07, 6.45) is 8.98. The van der Waals surface area contributed by atoms with Crippen molar-refractivity contribution >= 4 is 11.4 Å². The van der Waals surface area contributed by atoms with Crippen LogP contribution in [0.15, 0.2) is 71.0 Å². The van der Waals surface area contributed by atoms with Crippen LogP contribution in [0.1, 0.15) is 75.3 Å². The van der Waals surface area contributed by atoms with Crippen molar-refractivity contribution in [3.8, 4) is 0 Å². The van der Waals surface area contributed by atoms with Gasteiger partial charge in [-0.25, -0.2) is 0 Å². The first-order chi connectivity index (χ1) is 19.0. The summed E-state index contributed by atoms with van der Waals surface area (Å²) < 4.78 is 0. The van der Waals surface area contributed by atoms with Crippen molar-refractivity contribution < 1.29 is 55.8 Å². The Morgan fingerprint density at radius 1 is 0.595 bits per heavy atom. The van der Waals surface area contributed by atoms with Crippen LogP contribution in [0, 0.1) is 30.6 Å². The van der Waals surface area contributed by atoms with Crippen molar-refractivity contribution in [3.05, 3.63) is 102 Å². The maximum atomic E-state index is 10.5. The summed E-state index contributed by atoms with van der Waals surface area (Å²) in [4.78, 5) is 16.5. The Labute approximate surface area is 255 Å². The van der Waals surface area contributed by atoms with Crippen LogP contribution >= 0.6 is 0 Å². The molecule has 2 aromatic carbocycles.